The molecule has 1 aromatic carbocycles. The first kappa shape index (κ1) is 13.1. The summed E-state index contributed by atoms with van der Waals surface area (Å²) in [5, 5.41) is 0. The molecule has 1 N–H and O–H groups in total. The summed E-state index contributed by atoms with van der Waals surface area (Å²) in [6.45, 7) is 2.13. The highest BCUT2D eigenvalue weighted by Crippen LogP contribution is 2.38. The summed E-state index contributed by atoms with van der Waals surface area (Å²) < 4.78 is 33.4. The van der Waals surface area contributed by atoms with Crippen LogP contribution in [0.3, 0.4) is 0 Å². The molecule has 3 rings (SSSR count). The van der Waals surface area contributed by atoms with Gasteiger partial charge in [-0.05, 0) is 86.1 Å². The molecule has 0 spiro atoms. The summed E-state index contributed by atoms with van der Waals surface area (Å²) in [7, 11) is -4.10. The Hall–Kier alpha value is -0.870. The first-order valence-corrected chi connectivity index (χ1v) is 8.57. The predicted molar refractivity (Wildman–Crippen MR) is 74.3 cm³/mol. The van der Waals surface area contributed by atoms with Crippen molar-refractivity contribution >= 4 is 10.1 Å². The lowest BCUT2D eigenvalue weighted by Crippen LogP contribution is -2.19. The zero-order valence-corrected chi connectivity index (χ0v) is 12.1. The predicted octanol–water partition coefficient (Wildman–Crippen LogP) is 3.00. The van der Waals surface area contributed by atoms with Gasteiger partial charge in [-0.25, -0.2) is 0 Å². The molecule has 0 unspecified atom stereocenters. The molecule has 104 valence electrons. The third-order valence-corrected chi connectivity index (χ3v) is 5.66. The van der Waals surface area contributed by atoms with E-state index in [9.17, 15) is 13.0 Å². The van der Waals surface area contributed by atoms with Gasteiger partial charge in [0, 0.05) is 0 Å². The summed E-state index contributed by atoms with van der Waals surface area (Å²) in [6, 6.07) is 0. The van der Waals surface area contributed by atoms with Gasteiger partial charge in [0.1, 0.15) is 4.90 Å². The topological polar surface area (TPSA) is 54.4 Å². The van der Waals surface area contributed by atoms with Gasteiger partial charge in [-0.15, -0.1) is 0 Å². The smallest absolute Gasteiger partial charge is 0.282 e. The molecule has 0 amide bonds. The lowest BCUT2D eigenvalue weighted by molar-refractivity contribution is 0.477. The van der Waals surface area contributed by atoms with E-state index in [4.69, 9.17) is 0 Å². The Morgan fingerprint density at radius 1 is 0.789 bits per heavy atom. The molecule has 0 bridgehead atoms. The van der Waals surface area contributed by atoms with E-state index < -0.39 is 10.1 Å². The Labute approximate surface area is 114 Å². The molecule has 4 heteroatoms. The lowest BCUT2D eigenvalue weighted by atomic mass is 9.79. The van der Waals surface area contributed by atoms with E-state index in [0.29, 0.717) is 0 Å². The summed E-state index contributed by atoms with van der Waals surface area (Å²) in [5.41, 5.74) is 5.50. The fourth-order valence-electron chi connectivity index (χ4n) is 3.82. The number of rotatable bonds is 1. The third kappa shape index (κ3) is 2.11. The average molecular weight is 280 g/mol. The van der Waals surface area contributed by atoms with Gasteiger partial charge >= 0.3 is 0 Å². The van der Waals surface area contributed by atoms with E-state index in [1.165, 1.54) is 16.7 Å². The first-order valence-electron chi connectivity index (χ1n) is 7.13. The second kappa shape index (κ2) is 4.60. The van der Waals surface area contributed by atoms with Crippen LogP contribution in [0.25, 0.3) is 0 Å². The molecular weight excluding hydrogens is 260 g/mol. The zero-order chi connectivity index (χ0) is 13.6. The Bertz CT molecular complexity index is 592. The summed E-state index contributed by atoms with van der Waals surface area (Å²) in [4.78, 5) is 0.266. The zero-order valence-electron chi connectivity index (χ0n) is 11.3. The van der Waals surface area contributed by atoms with E-state index in [2.05, 4.69) is 6.92 Å². The highest BCUT2D eigenvalue weighted by molar-refractivity contribution is 7.86. The summed E-state index contributed by atoms with van der Waals surface area (Å²) in [6.07, 6.45) is 7.78. The summed E-state index contributed by atoms with van der Waals surface area (Å²) >= 11 is 0. The Morgan fingerprint density at radius 3 is 1.53 bits per heavy atom. The van der Waals surface area contributed by atoms with E-state index in [1.807, 2.05) is 0 Å². The van der Waals surface area contributed by atoms with Crippen molar-refractivity contribution in [1.82, 2.24) is 0 Å². The monoisotopic (exact) mass is 280 g/mol. The van der Waals surface area contributed by atoms with E-state index in [1.54, 1.807) is 0 Å². The molecule has 2 aliphatic carbocycles. The van der Waals surface area contributed by atoms with Gasteiger partial charge in [0.2, 0.25) is 0 Å². The third-order valence-electron chi connectivity index (χ3n) is 4.65. The first-order chi connectivity index (χ1) is 9.00. The van der Waals surface area contributed by atoms with Crippen LogP contribution >= 0.6 is 0 Å². The largest absolute Gasteiger partial charge is 0.295 e. The van der Waals surface area contributed by atoms with Crippen molar-refractivity contribution in [2.75, 3.05) is 0 Å². The van der Waals surface area contributed by atoms with Crippen LogP contribution in [-0.2, 0) is 35.8 Å². The van der Waals surface area contributed by atoms with Crippen molar-refractivity contribution < 1.29 is 13.0 Å². The fourth-order valence-corrected chi connectivity index (χ4v) is 4.89. The maximum absolute atomic E-state index is 11.8. The standard InChI is InChI=1S/C15H20O3S/c1-10-11-6-2-4-8-13(11)15(19(16,17)18)14-9-5-3-7-12(10)14/h2-9H2,1H3,(H,16,17,18). The van der Waals surface area contributed by atoms with Crippen LogP contribution in [0.2, 0.25) is 0 Å². The highest BCUT2D eigenvalue weighted by atomic mass is 32.2. The molecule has 3 nitrogen and oxygen atoms in total. The van der Waals surface area contributed by atoms with Crippen LogP contribution < -0.4 is 0 Å². The molecule has 0 aromatic heterocycles. The van der Waals surface area contributed by atoms with E-state index >= 15 is 0 Å². The molecule has 1 aromatic rings. The van der Waals surface area contributed by atoms with Crippen LogP contribution in [0.15, 0.2) is 4.90 Å². The van der Waals surface area contributed by atoms with Gasteiger partial charge in [0.15, 0.2) is 0 Å². The molecule has 0 saturated carbocycles. The SMILES string of the molecule is Cc1c2c(c(S(=O)(=O)O)c3c1CCCC3)CCCC2. The van der Waals surface area contributed by atoms with Gasteiger partial charge < -0.3 is 0 Å². The second-order valence-electron chi connectivity index (χ2n) is 5.76. The van der Waals surface area contributed by atoms with Crippen LogP contribution in [0.4, 0.5) is 0 Å². The Balaban J connectivity index is 2.38. The van der Waals surface area contributed by atoms with Gasteiger partial charge in [-0.2, -0.15) is 8.42 Å². The minimum absolute atomic E-state index is 0.266. The average Bonchev–Trinajstić information content (AvgIpc) is 2.38. The Morgan fingerprint density at radius 2 is 1.16 bits per heavy atom. The van der Waals surface area contributed by atoms with Gasteiger partial charge in [-0.3, -0.25) is 4.55 Å². The molecule has 0 atom stereocenters. The number of hydrogen-bond acceptors (Lipinski definition) is 2. The fraction of sp³-hybridized carbons (Fsp3) is 0.600. The van der Waals surface area contributed by atoms with Crippen LogP contribution in [0.5, 0.6) is 0 Å². The minimum Gasteiger partial charge on any atom is -0.282 e. The molecule has 19 heavy (non-hydrogen) atoms. The second-order valence-corrected chi connectivity index (χ2v) is 7.12. The van der Waals surface area contributed by atoms with E-state index in [-0.39, 0.29) is 4.90 Å². The van der Waals surface area contributed by atoms with Crippen molar-refractivity contribution in [1.29, 1.82) is 0 Å². The molecular formula is C15H20O3S. The molecule has 2 aliphatic rings. The van der Waals surface area contributed by atoms with Crippen LogP contribution in [0, 0.1) is 6.92 Å². The quantitative estimate of drug-likeness (QED) is 0.805. The minimum atomic E-state index is -4.10. The van der Waals surface area contributed by atoms with Gasteiger partial charge in [0.05, 0.1) is 0 Å². The van der Waals surface area contributed by atoms with Crippen molar-refractivity contribution in [3.05, 3.63) is 27.8 Å². The number of fused-ring (bicyclic) bond motifs is 2. The van der Waals surface area contributed by atoms with Crippen molar-refractivity contribution in [3.8, 4) is 0 Å². The lowest BCUT2D eigenvalue weighted by Gasteiger charge is -2.28. The molecule has 0 heterocycles. The van der Waals surface area contributed by atoms with Crippen molar-refractivity contribution in [2.24, 2.45) is 0 Å². The van der Waals surface area contributed by atoms with Crippen molar-refractivity contribution in [3.63, 3.8) is 0 Å². The molecule has 0 radical (unpaired) electrons. The maximum Gasteiger partial charge on any atom is 0.295 e. The molecule has 0 saturated heterocycles. The Kier molecular flexibility index (Phi) is 3.18. The van der Waals surface area contributed by atoms with Gasteiger partial charge in [0.25, 0.3) is 10.1 Å². The molecule has 0 aliphatic heterocycles. The van der Waals surface area contributed by atoms with Crippen molar-refractivity contribution in [2.45, 2.75) is 63.2 Å². The highest BCUT2D eigenvalue weighted by Gasteiger charge is 2.30. The number of hydrogen-bond donors (Lipinski definition) is 1. The molecule has 0 fully saturated rings. The van der Waals surface area contributed by atoms with Crippen LogP contribution in [0.1, 0.15) is 53.5 Å². The summed E-state index contributed by atoms with van der Waals surface area (Å²) in [5.74, 6) is 0. The maximum atomic E-state index is 11.8. The van der Waals surface area contributed by atoms with Crippen LogP contribution in [-0.4, -0.2) is 13.0 Å². The van der Waals surface area contributed by atoms with E-state index in [0.717, 1.165) is 62.5 Å². The van der Waals surface area contributed by atoms with Gasteiger partial charge in [-0.1, -0.05) is 0 Å². The normalized spacial score (nSPS) is 18.8. The number of benzene rings is 1.